The quantitative estimate of drug-likeness (QED) is 0.743. The van der Waals surface area contributed by atoms with Gasteiger partial charge in [0, 0.05) is 45.8 Å². The van der Waals surface area contributed by atoms with E-state index < -0.39 is 5.97 Å². The van der Waals surface area contributed by atoms with Crippen LogP contribution in [-0.4, -0.2) is 10.5 Å². The number of benzene rings is 2. The summed E-state index contributed by atoms with van der Waals surface area (Å²) in [4.78, 5) is 13.1. The minimum atomic E-state index is -1.06. The molecule has 0 aliphatic carbocycles. The Morgan fingerprint density at radius 1 is 1.10 bits per heavy atom. The van der Waals surface area contributed by atoms with Gasteiger partial charge in [0.15, 0.2) is 0 Å². The van der Waals surface area contributed by atoms with Crippen molar-refractivity contribution < 1.29 is 9.90 Å². The summed E-state index contributed by atoms with van der Waals surface area (Å²) in [5.41, 5.74) is 1.82. The molecule has 3 rings (SSSR count). The first-order valence-electron chi connectivity index (χ1n) is 6.66. The molecule has 0 atom stereocenters. The Labute approximate surface area is 127 Å². The number of nitrogens with zero attached hydrogens (tertiary/aromatic N) is 1. The van der Waals surface area contributed by atoms with Gasteiger partial charge in [-0.25, -0.2) is 0 Å². The summed E-state index contributed by atoms with van der Waals surface area (Å²) < 4.78 is 1.94. The number of aryl methyl sites for hydroxylation is 1. The zero-order chi connectivity index (χ0) is 14.8. The second-order valence-corrected chi connectivity index (χ2v) is 5.90. The summed E-state index contributed by atoms with van der Waals surface area (Å²) >= 11 is 1.59. The Bertz CT molecular complexity index is 793. The van der Waals surface area contributed by atoms with Gasteiger partial charge in [0.1, 0.15) is 0 Å². The maximum Gasteiger partial charge on any atom is 0.0491 e. The molecule has 0 amide bonds. The van der Waals surface area contributed by atoms with Crippen molar-refractivity contribution in [2.75, 3.05) is 0 Å². The van der Waals surface area contributed by atoms with Crippen LogP contribution in [-0.2, 0) is 18.3 Å². The van der Waals surface area contributed by atoms with E-state index in [0.29, 0.717) is 0 Å². The van der Waals surface area contributed by atoms with E-state index in [9.17, 15) is 9.90 Å². The molecule has 21 heavy (non-hydrogen) atoms. The molecular weight excluding hydrogens is 282 g/mol. The van der Waals surface area contributed by atoms with E-state index in [1.165, 1.54) is 0 Å². The van der Waals surface area contributed by atoms with Crippen LogP contribution >= 0.6 is 11.8 Å². The molecule has 4 heteroatoms. The highest BCUT2D eigenvalue weighted by atomic mass is 32.2. The molecular formula is C17H14NO2S-. The van der Waals surface area contributed by atoms with E-state index in [1.54, 1.807) is 11.8 Å². The van der Waals surface area contributed by atoms with E-state index >= 15 is 0 Å². The summed E-state index contributed by atoms with van der Waals surface area (Å²) in [5, 5.41) is 12.1. The predicted octanol–water partition coefficient (Wildman–Crippen LogP) is 2.62. The van der Waals surface area contributed by atoms with Crippen molar-refractivity contribution in [3.8, 4) is 0 Å². The van der Waals surface area contributed by atoms with Gasteiger partial charge in [0.05, 0.1) is 0 Å². The lowest BCUT2D eigenvalue weighted by Crippen LogP contribution is -2.25. The van der Waals surface area contributed by atoms with Crippen LogP contribution in [0.25, 0.3) is 10.9 Å². The molecule has 1 heterocycles. The van der Waals surface area contributed by atoms with Gasteiger partial charge in [-0.15, -0.1) is 0 Å². The standard InChI is InChI=1S/C17H15NO2S/c1-18-14-10-6-5-9-13(14)17(15(18)11-16(19)20)21-12-7-3-2-4-8-12/h2-10H,11H2,1H3,(H,19,20)/p-1. The molecule has 3 nitrogen and oxygen atoms in total. The van der Waals surface area contributed by atoms with Crippen molar-refractivity contribution in [2.45, 2.75) is 16.2 Å². The number of hydrogen-bond acceptors (Lipinski definition) is 3. The molecule has 0 saturated heterocycles. The molecule has 2 aromatic carbocycles. The Morgan fingerprint density at radius 2 is 1.76 bits per heavy atom. The fourth-order valence-corrected chi connectivity index (χ4v) is 3.61. The first-order chi connectivity index (χ1) is 10.2. The lowest BCUT2D eigenvalue weighted by Gasteiger charge is -2.08. The van der Waals surface area contributed by atoms with Crippen molar-refractivity contribution in [1.29, 1.82) is 0 Å². The normalized spacial score (nSPS) is 10.9. The number of carboxylic acid groups (broad SMARTS) is 1. The summed E-state index contributed by atoms with van der Waals surface area (Å²) in [6.45, 7) is 0. The Hall–Kier alpha value is -2.20. The molecule has 0 radical (unpaired) electrons. The van der Waals surface area contributed by atoms with Crippen molar-refractivity contribution >= 4 is 28.6 Å². The van der Waals surface area contributed by atoms with Crippen LogP contribution in [0.4, 0.5) is 0 Å². The van der Waals surface area contributed by atoms with Gasteiger partial charge in [-0.1, -0.05) is 48.2 Å². The number of para-hydroxylation sites is 1. The number of aliphatic carboxylic acids is 1. The fraction of sp³-hybridized carbons (Fsp3) is 0.118. The number of hydrogen-bond donors (Lipinski definition) is 0. The molecule has 0 bridgehead atoms. The van der Waals surface area contributed by atoms with Crippen molar-refractivity contribution in [3.05, 3.63) is 60.3 Å². The van der Waals surface area contributed by atoms with Crippen LogP contribution in [0.1, 0.15) is 5.69 Å². The maximum atomic E-state index is 11.1. The first-order valence-corrected chi connectivity index (χ1v) is 7.47. The Morgan fingerprint density at radius 3 is 2.48 bits per heavy atom. The van der Waals surface area contributed by atoms with Crippen LogP contribution in [0.3, 0.4) is 0 Å². The molecule has 0 aliphatic heterocycles. The van der Waals surface area contributed by atoms with E-state index in [1.807, 2.05) is 66.2 Å². The molecule has 0 aliphatic rings. The zero-order valence-electron chi connectivity index (χ0n) is 11.6. The van der Waals surface area contributed by atoms with Crippen LogP contribution in [0.2, 0.25) is 0 Å². The van der Waals surface area contributed by atoms with Gasteiger partial charge in [0.25, 0.3) is 0 Å². The highest BCUT2D eigenvalue weighted by Gasteiger charge is 2.15. The van der Waals surface area contributed by atoms with Gasteiger partial charge in [-0.3, -0.25) is 0 Å². The monoisotopic (exact) mass is 296 g/mol. The topological polar surface area (TPSA) is 45.1 Å². The minimum Gasteiger partial charge on any atom is -0.550 e. The third-order valence-corrected chi connectivity index (χ3v) is 4.62. The average molecular weight is 296 g/mol. The molecule has 0 N–H and O–H groups in total. The van der Waals surface area contributed by atoms with Crippen LogP contribution < -0.4 is 5.11 Å². The number of carboxylic acids is 1. The Kier molecular flexibility index (Phi) is 3.71. The summed E-state index contributed by atoms with van der Waals surface area (Å²) in [6.07, 6.45) is -0.0830. The van der Waals surface area contributed by atoms with E-state index in [0.717, 1.165) is 26.4 Å². The summed E-state index contributed by atoms with van der Waals surface area (Å²) in [5.74, 6) is -1.06. The molecule has 0 fully saturated rings. The van der Waals surface area contributed by atoms with Gasteiger partial charge >= 0.3 is 0 Å². The largest absolute Gasteiger partial charge is 0.550 e. The summed E-state index contributed by atoms with van der Waals surface area (Å²) in [7, 11) is 1.90. The van der Waals surface area contributed by atoms with Gasteiger partial charge in [-0.05, 0) is 18.2 Å². The average Bonchev–Trinajstić information content (AvgIpc) is 2.74. The van der Waals surface area contributed by atoms with Crippen LogP contribution in [0.15, 0.2) is 64.4 Å². The lowest BCUT2D eigenvalue weighted by molar-refractivity contribution is -0.304. The van der Waals surface area contributed by atoms with Crippen LogP contribution in [0.5, 0.6) is 0 Å². The first kappa shape index (κ1) is 13.8. The zero-order valence-corrected chi connectivity index (χ0v) is 12.4. The smallest absolute Gasteiger partial charge is 0.0491 e. The molecule has 106 valence electrons. The SMILES string of the molecule is Cn1c(CC(=O)[O-])c(Sc2ccccc2)c2ccccc21. The molecule has 0 spiro atoms. The highest BCUT2D eigenvalue weighted by Crippen LogP contribution is 2.38. The third-order valence-electron chi connectivity index (χ3n) is 3.45. The second-order valence-electron chi connectivity index (χ2n) is 4.82. The minimum absolute atomic E-state index is 0.0830. The number of aromatic nitrogens is 1. The van der Waals surface area contributed by atoms with Crippen LogP contribution in [0, 0.1) is 0 Å². The van der Waals surface area contributed by atoms with Crippen molar-refractivity contribution in [3.63, 3.8) is 0 Å². The molecule has 0 unspecified atom stereocenters. The van der Waals surface area contributed by atoms with E-state index in [-0.39, 0.29) is 6.42 Å². The van der Waals surface area contributed by atoms with E-state index in [2.05, 4.69) is 0 Å². The van der Waals surface area contributed by atoms with Gasteiger partial charge in [-0.2, -0.15) is 0 Å². The van der Waals surface area contributed by atoms with Crippen molar-refractivity contribution in [1.82, 2.24) is 4.57 Å². The Balaban J connectivity index is 2.16. The number of fused-ring (bicyclic) bond motifs is 1. The molecule has 0 saturated carbocycles. The van der Waals surface area contributed by atoms with Crippen molar-refractivity contribution in [2.24, 2.45) is 7.05 Å². The second kappa shape index (κ2) is 5.66. The molecule has 3 aromatic rings. The van der Waals surface area contributed by atoms with Gasteiger partial charge < -0.3 is 14.5 Å². The van der Waals surface area contributed by atoms with E-state index in [4.69, 9.17) is 0 Å². The number of rotatable bonds is 4. The summed E-state index contributed by atoms with van der Waals surface area (Å²) in [6, 6.07) is 17.9. The van der Waals surface area contributed by atoms with Gasteiger partial charge in [0.2, 0.25) is 0 Å². The third kappa shape index (κ3) is 2.67. The predicted molar refractivity (Wildman–Crippen MR) is 82.2 cm³/mol. The maximum absolute atomic E-state index is 11.1. The number of carbonyl (C=O) groups is 1. The molecule has 1 aromatic heterocycles. The highest BCUT2D eigenvalue weighted by molar-refractivity contribution is 7.99. The number of carbonyl (C=O) groups excluding carboxylic acids is 1. The fourth-order valence-electron chi connectivity index (χ4n) is 2.47. The lowest BCUT2D eigenvalue weighted by atomic mass is 10.2.